The summed E-state index contributed by atoms with van der Waals surface area (Å²) < 4.78 is 1.55. The average Bonchev–Trinajstić information content (AvgIpc) is 2.70. The third-order valence-electron chi connectivity index (χ3n) is 3.23. The Hall–Kier alpha value is -2.49. The molecule has 0 spiro atoms. The Morgan fingerprint density at radius 2 is 1.89 bits per heavy atom. The molecule has 2 aromatic carbocycles. The molecule has 19 heavy (non-hydrogen) atoms. The van der Waals surface area contributed by atoms with Crippen LogP contribution in [-0.4, -0.2) is 14.7 Å². The molecule has 0 amide bonds. The van der Waals surface area contributed by atoms with Gasteiger partial charge in [0, 0.05) is 0 Å². The number of fused-ring (bicyclic) bond motifs is 1. The van der Waals surface area contributed by atoms with Crippen LogP contribution in [-0.2, 0) is 6.54 Å². The van der Waals surface area contributed by atoms with Crippen molar-refractivity contribution >= 4 is 11.0 Å². The molecular weight excluding hydrogens is 240 g/mol. The van der Waals surface area contributed by atoms with Crippen LogP contribution < -0.4 is 5.69 Å². The van der Waals surface area contributed by atoms with Gasteiger partial charge in [0.25, 0.3) is 0 Å². The quantitative estimate of drug-likeness (QED) is 0.737. The second-order valence-corrected chi connectivity index (χ2v) is 4.68. The Kier molecular flexibility index (Phi) is 2.63. The van der Waals surface area contributed by atoms with Crippen molar-refractivity contribution in [3.05, 3.63) is 64.1 Å². The predicted octanol–water partition coefficient (Wildman–Crippen LogP) is 2.39. The number of aromatic amines is 1. The zero-order valence-corrected chi connectivity index (χ0v) is 10.6. The van der Waals surface area contributed by atoms with E-state index in [4.69, 9.17) is 0 Å². The van der Waals surface area contributed by atoms with Crippen LogP contribution in [0.15, 0.2) is 47.3 Å². The molecule has 2 N–H and O–H groups in total. The van der Waals surface area contributed by atoms with E-state index in [9.17, 15) is 9.90 Å². The third-order valence-corrected chi connectivity index (χ3v) is 3.23. The maximum Gasteiger partial charge on any atom is 0.326 e. The molecule has 0 unspecified atom stereocenters. The number of aryl methyl sites for hydroxylation is 1. The number of H-pyrrole nitrogens is 1. The molecule has 1 aromatic heterocycles. The zero-order valence-electron chi connectivity index (χ0n) is 10.6. The van der Waals surface area contributed by atoms with Gasteiger partial charge in [0.05, 0.1) is 12.1 Å². The van der Waals surface area contributed by atoms with Crippen LogP contribution in [0.3, 0.4) is 0 Å². The minimum absolute atomic E-state index is 0.114. The highest BCUT2D eigenvalue weighted by atomic mass is 16.3. The van der Waals surface area contributed by atoms with Gasteiger partial charge in [-0.25, -0.2) is 4.79 Å². The smallest absolute Gasteiger partial charge is 0.326 e. The number of nitrogens with zero attached hydrogens (tertiary/aromatic N) is 1. The van der Waals surface area contributed by atoms with E-state index in [1.807, 2.05) is 31.2 Å². The molecule has 0 fully saturated rings. The second kappa shape index (κ2) is 4.31. The first-order valence-electron chi connectivity index (χ1n) is 6.11. The topological polar surface area (TPSA) is 58.0 Å². The van der Waals surface area contributed by atoms with Crippen molar-refractivity contribution in [3.63, 3.8) is 0 Å². The molecule has 3 aromatic rings. The molecule has 1 heterocycles. The molecule has 96 valence electrons. The summed E-state index contributed by atoms with van der Waals surface area (Å²) in [5.74, 6) is 0.114. The zero-order chi connectivity index (χ0) is 13.4. The number of imidazole rings is 1. The van der Waals surface area contributed by atoms with Gasteiger partial charge in [-0.1, -0.05) is 35.9 Å². The minimum Gasteiger partial charge on any atom is -0.506 e. The van der Waals surface area contributed by atoms with Crippen molar-refractivity contribution in [2.45, 2.75) is 13.5 Å². The molecule has 3 rings (SSSR count). The fraction of sp³-hybridized carbons (Fsp3) is 0.133. The highest BCUT2D eigenvalue weighted by molar-refractivity contribution is 5.81. The summed E-state index contributed by atoms with van der Waals surface area (Å²) in [6, 6.07) is 13.1. The Morgan fingerprint density at radius 1 is 1.16 bits per heavy atom. The summed E-state index contributed by atoms with van der Waals surface area (Å²) in [6.07, 6.45) is 0. The fourth-order valence-electron chi connectivity index (χ4n) is 2.23. The van der Waals surface area contributed by atoms with Crippen molar-refractivity contribution in [2.75, 3.05) is 0 Å². The van der Waals surface area contributed by atoms with Crippen LogP contribution in [0.2, 0.25) is 0 Å². The molecule has 0 aliphatic rings. The van der Waals surface area contributed by atoms with Gasteiger partial charge in [-0.15, -0.1) is 0 Å². The van der Waals surface area contributed by atoms with Gasteiger partial charge in [-0.3, -0.25) is 4.57 Å². The standard InChI is InChI=1S/C15H14N2O2/c1-10-5-7-11(8-6-10)9-17-14-12(16-15(17)19)3-2-4-13(14)18/h2-8,18H,9H2,1H3,(H,16,19). The molecule has 0 bridgehead atoms. The van der Waals surface area contributed by atoms with Crippen molar-refractivity contribution in [1.29, 1.82) is 0 Å². The number of aromatic hydroxyl groups is 1. The summed E-state index contributed by atoms with van der Waals surface area (Å²) >= 11 is 0. The number of nitrogens with one attached hydrogen (secondary N) is 1. The Labute approximate surface area is 109 Å². The predicted molar refractivity (Wildman–Crippen MR) is 74.5 cm³/mol. The van der Waals surface area contributed by atoms with Gasteiger partial charge < -0.3 is 10.1 Å². The van der Waals surface area contributed by atoms with Crippen molar-refractivity contribution < 1.29 is 5.11 Å². The summed E-state index contributed by atoms with van der Waals surface area (Å²) in [7, 11) is 0. The number of para-hydroxylation sites is 1. The average molecular weight is 254 g/mol. The van der Waals surface area contributed by atoms with Crippen molar-refractivity contribution in [2.24, 2.45) is 0 Å². The molecule has 0 aliphatic heterocycles. The van der Waals surface area contributed by atoms with Gasteiger partial charge in [0.2, 0.25) is 0 Å². The molecule has 0 atom stereocenters. The number of hydrogen-bond acceptors (Lipinski definition) is 2. The van der Waals surface area contributed by atoms with Gasteiger partial charge in [-0.05, 0) is 24.6 Å². The Morgan fingerprint density at radius 3 is 2.63 bits per heavy atom. The molecule has 0 saturated carbocycles. The summed E-state index contributed by atoms with van der Waals surface area (Å²) in [5, 5.41) is 9.91. The highest BCUT2D eigenvalue weighted by Gasteiger charge is 2.10. The Bertz CT molecular complexity index is 782. The van der Waals surface area contributed by atoms with Gasteiger partial charge in [0.15, 0.2) is 0 Å². The number of aromatic nitrogens is 2. The largest absolute Gasteiger partial charge is 0.506 e. The molecule has 4 nitrogen and oxygen atoms in total. The summed E-state index contributed by atoms with van der Waals surface area (Å²) in [5.41, 5.74) is 3.19. The molecule has 0 saturated heterocycles. The lowest BCUT2D eigenvalue weighted by Gasteiger charge is -2.05. The van der Waals surface area contributed by atoms with E-state index in [2.05, 4.69) is 4.98 Å². The van der Waals surface area contributed by atoms with Crippen LogP contribution in [0.4, 0.5) is 0 Å². The van der Waals surface area contributed by atoms with E-state index < -0.39 is 0 Å². The third kappa shape index (κ3) is 2.01. The van der Waals surface area contributed by atoms with E-state index in [0.29, 0.717) is 17.6 Å². The van der Waals surface area contributed by atoms with Crippen LogP contribution in [0, 0.1) is 6.92 Å². The summed E-state index contributed by atoms with van der Waals surface area (Å²) in [4.78, 5) is 14.7. The van der Waals surface area contributed by atoms with Gasteiger partial charge >= 0.3 is 5.69 Å². The van der Waals surface area contributed by atoms with E-state index >= 15 is 0 Å². The molecule has 0 aliphatic carbocycles. The summed E-state index contributed by atoms with van der Waals surface area (Å²) in [6.45, 7) is 2.46. The first-order chi connectivity index (χ1) is 9.15. The number of phenolic OH excluding ortho intramolecular Hbond substituents is 1. The first-order valence-corrected chi connectivity index (χ1v) is 6.11. The second-order valence-electron chi connectivity index (χ2n) is 4.68. The lowest BCUT2D eigenvalue weighted by atomic mass is 10.1. The Balaban J connectivity index is 2.12. The lowest BCUT2D eigenvalue weighted by molar-refractivity contribution is 0.478. The van der Waals surface area contributed by atoms with E-state index in [1.54, 1.807) is 22.8 Å². The number of rotatable bonds is 2. The minimum atomic E-state index is -0.211. The maximum atomic E-state index is 12.0. The van der Waals surface area contributed by atoms with Gasteiger partial charge in [0.1, 0.15) is 11.3 Å². The van der Waals surface area contributed by atoms with Crippen LogP contribution >= 0.6 is 0 Å². The van der Waals surface area contributed by atoms with Crippen LogP contribution in [0.25, 0.3) is 11.0 Å². The first kappa shape index (κ1) is 11.6. The monoisotopic (exact) mass is 254 g/mol. The van der Waals surface area contributed by atoms with Crippen LogP contribution in [0.1, 0.15) is 11.1 Å². The molecule has 4 heteroatoms. The number of hydrogen-bond donors (Lipinski definition) is 2. The highest BCUT2D eigenvalue weighted by Crippen LogP contribution is 2.22. The number of phenols is 1. The van der Waals surface area contributed by atoms with Gasteiger partial charge in [-0.2, -0.15) is 0 Å². The van der Waals surface area contributed by atoms with Crippen molar-refractivity contribution in [1.82, 2.24) is 9.55 Å². The maximum absolute atomic E-state index is 12.0. The SMILES string of the molecule is Cc1ccc(Cn2c(=O)[nH]c3cccc(O)c32)cc1. The lowest BCUT2D eigenvalue weighted by Crippen LogP contribution is -2.17. The fourth-order valence-corrected chi connectivity index (χ4v) is 2.23. The van der Waals surface area contributed by atoms with E-state index in [-0.39, 0.29) is 11.4 Å². The van der Waals surface area contributed by atoms with Crippen LogP contribution in [0.5, 0.6) is 5.75 Å². The van der Waals surface area contributed by atoms with E-state index in [1.165, 1.54) is 5.56 Å². The number of benzene rings is 2. The van der Waals surface area contributed by atoms with Crippen molar-refractivity contribution in [3.8, 4) is 5.75 Å². The van der Waals surface area contributed by atoms with E-state index in [0.717, 1.165) is 5.56 Å². The molecular formula is C15H14N2O2. The molecule has 0 radical (unpaired) electrons. The normalized spacial score (nSPS) is 11.0.